The third kappa shape index (κ3) is 4.29. The van der Waals surface area contributed by atoms with Crippen LogP contribution in [-0.4, -0.2) is 56.7 Å². The topological polar surface area (TPSA) is 90.2 Å². The van der Waals surface area contributed by atoms with Crippen molar-refractivity contribution in [2.24, 2.45) is 5.92 Å². The second-order valence-corrected chi connectivity index (χ2v) is 6.47. The van der Waals surface area contributed by atoms with Crippen molar-refractivity contribution in [3.8, 4) is 11.4 Å². The van der Waals surface area contributed by atoms with Gasteiger partial charge in [0.15, 0.2) is 0 Å². The lowest BCUT2D eigenvalue weighted by atomic mass is 9.96. The smallest absolute Gasteiger partial charge is 0.309 e. The van der Waals surface area contributed by atoms with Crippen molar-refractivity contribution in [3.05, 3.63) is 30.1 Å². The van der Waals surface area contributed by atoms with Crippen molar-refractivity contribution in [1.82, 2.24) is 25.1 Å². The fraction of sp³-hybridized carbons (Fsp3) is 0.500. The average molecular weight is 375 g/mol. The minimum atomic E-state index is -0.640. The molecule has 2 aromatic rings. The van der Waals surface area contributed by atoms with Crippen LogP contribution in [-0.2, 0) is 14.3 Å². The second-order valence-electron chi connectivity index (χ2n) is 6.47. The van der Waals surface area contributed by atoms with E-state index < -0.39 is 11.9 Å². The summed E-state index contributed by atoms with van der Waals surface area (Å²) in [7, 11) is 0. The number of halogens is 1. The van der Waals surface area contributed by atoms with Crippen molar-refractivity contribution in [1.29, 1.82) is 0 Å². The van der Waals surface area contributed by atoms with Crippen LogP contribution in [0, 0.1) is 11.7 Å². The molecular formula is C18H22FN5O3. The first-order chi connectivity index (χ1) is 13.0. The van der Waals surface area contributed by atoms with Crippen LogP contribution in [0.4, 0.5) is 4.39 Å². The largest absolute Gasteiger partial charge is 0.466 e. The molecule has 3 rings (SSSR count). The molecule has 0 radical (unpaired) electrons. The van der Waals surface area contributed by atoms with Gasteiger partial charge in [0.05, 0.1) is 12.5 Å². The zero-order valence-electron chi connectivity index (χ0n) is 15.3. The van der Waals surface area contributed by atoms with E-state index in [1.807, 2.05) is 0 Å². The highest BCUT2D eigenvalue weighted by atomic mass is 19.1. The number of amides is 1. The van der Waals surface area contributed by atoms with Gasteiger partial charge in [-0.3, -0.25) is 9.59 Å². The number of piperidine rings is 1. The molecule has 0 aliphatic carbocycles. The Hall–Kier alpha value is -2.84. The zero-order valence-corrected chi connectivity index (χ0v) is 15.3. The summed E-state index contributed by atoms with van der Waals surface area (Å²) in [6.07, 6.45) is 1.16. The van der Waals surface area contributed by atoms with Crippen LogP contribution in [0.3, 0.4) is 0 Å². The number of ether oxygens (including phenoxy) is 1. The van der Waals surface area contributed by atoms with Crippen molar-refractivity contribution >= 4 is 11.9 Å². The maximum Gasteiger partial charge on any atom is 0.309 e. The third-order valence-electron chi connectivity index (χ3n) is 4.64. The lowest BCUT2D eigenvalue weighted by molar-refractivity contribution is -0.151. The molecule has 1 atom stereocenters. The number of hydrogen-bond acceptors (Lipinski definition) is 6. The molecule has 1 aliphatic rings. The Morgan fingerprint density at radius 1 is 1.33 bits per heavy atom. The Balaban J connectivity index is 1.62. The normalized spacial score (nSPS) is 16.2. The number of nitrogens with zero attached hydrogens (tertiary/aromatic N) is 5. The zero-order chi connectivity index (χ0) is 19.4. The number of rotatable bonds is 5. The maximum atomic E-state index is 13.3. The van der Waals surface area contributed by atoms with E-state index >= 15 is 0 Å². The molecule has 1 saturated heterocycles. The van der Waals surface area contributed by atoms with Gasteiger partial charge >= 0.3 is 5.97 Å². The predicted octanol–water partition coefficient (Wildman–Crippen LogP) is 1.84. The molecule has 27 heavy (non-hydrogen) atoms. The minimum absolute atomic E-state index is 0.138. The summed E-state index contributed by atoms with van der Waals surface area (Å²) in [5.41, 5.74) is 0.496. The number of benzene rings is 1. The first kappa shape index (κ1) is 18.9. The molecule has 0 spiro atoms. The van der Waals surface area contributed by atoms with E-state index in [1.165, 1.54) is 16.9 Å². The molecular weight excluding hydrogens is 353 g/mol. The van der Waals surface area contributed by atoms with Crippen molar-refractivity contribution < 1.29 is 18.7 Å². The van der Waals surface area contributed by atoms with Gasteiger partial charge in [0.2, 0.25) is 11.7 Å². The molecule has 0 bridgehead atoms. The molecule has 0 N–H and O–H groups in total. The number of tetrazole rings is 1. The SMILES string of the molecule is CCOC(=O)C1CCN(C(=O)C(C)n2nnc(-c3cccc(F)c3)n2)CC1. The Morgan fingerprint density at radius 2 is 2.07 bits per heavy atom. The van der Waals surface area contributed by atoms with Crippen LogP contribution < -0.4 is 0 Å². The van der Waals surface area contributed by atoms with Gasteiger partial charge in [0.1, 0.15) is 11.9 Å². The summed E-state index contributed by atoms with van der Waals surface area (Å²) < 4.78 is 18.4. The number of likely N-dealkylation sites (tertiary alicyclic amines) is 1. The first-order valence-corrected chi connectivity index (χ1v) is 9.00. The molecule has 2 heterocycles. The van der Waals surface area contributed by atoms with Crippen LogP contribution in [0.1, 0.15) is 32.7 Å². The summed E-state index contributed by atoms with van der Waals surface area (Å²) in [5, 5.41) is 12.1. The van der Waals surface area contributed by atoms with E-state index in [1.54, 1.807) is 30.9 Å². The standard InChI is InChI=1S/C18H22FN5O3/c1-3-27-18(26)13-7-9-23(10-8-13)17(25)12(2)24-21-16(20-22-24)14-5-4-6-15(19)11-14/h4-6,11-13H,3,7-10H2,1-2H3. The Bertz CT molecular complexity index is 817. The Kier molecular flexibility index (Phi) is 5.78. The van der Waals surface area contributed by atoms with Crippen LogP contribution >= 0.6 is 0 Å². The molecule has 8 nitrogen and oxygen atoms in total. The van der Waals surface area contributed by atoms with Crippen molar-refractivity contribution in [2.75, 3.05) is 19.7 Å². The summed E-state index contributed by atoms with van der Waals surface area (Å²) in [5.74, 6) is -0.628. The number of esters is 1. The van der Waals surface area contributed by atoms with Gasteiger partial charge in [-0.2, -0.15) is 4.80 Å². The van der Waals surface area contributed by atoms with Crippen LogP contribution in [0.15, 0.2) is 24.3 Å². The lowest BCUT2D eigenvalue weighted by Gasteiger charge is -2.32. The van der Waals surface area contributed by atoms with Gasteiger partial charge in [-0.25, -0.2) is 4.39 Å². The molecule has 1 aromatic carbocycles. The molecule has 1 aromatic heterocycles. The Labute approximate surface area is 156 Å². The summed E-state index contributed by atoms with van der Waals surface area (Å²) in [6.45, 7) is 4.80. The third-order valence-corrected chi connectivity index (χ3v) is 4.64. The number of carbonyl (C=O) groups excluding carboxylic acids is 2. The molecule has 1 unspecified atom stereocenters. The number of carbonyl (C=O) groups is 2. The highest BCUT2D eigenvalue weighted by Crippen LogP contribution is 2.21. The summed E-state index contributed by atoms with van der Waals surface area (Å²) in [4.78, 5) is 27.5. The fourth-order valence-corrected chi connectivity index (χ4v) is 3.09. The highest BCUT2D eigenvalue weighted by Gasteiger charge is 2.31. The predicted molar refractivity (Wildman–Crippen MR) is 93.9 cm³/mol. The van der Waals surface area contributed by atoms with Crippen LogP contribution in [0.2, 0.25) is 0 Å². The van der Waals surface area contributed by atoms with E-state index in [0.717, 1.165) is 0 Å². The van der Waals surface area contributed by atoms with Crippen LogP contribution in [0.25, 0.3) is 11.4 Å². The van der Waals surface area contributed by atoms with E-state index in [0.29, 0.717) is 38.1 Å². The van der Waals surface area contributed by atoms with Crippen molar-refractivity contribution in [3.63, 3.8) is 0 Å². The molecule has 1 fully saturated rings. The highest BCUT2D eigenvalue weighted by molar-refractivity contribution is 5.80. The molecule has 9 heteroatoms. The second kappa shape index (κ2) is 8.24. The van der Waals surface area contributed by atoms with Crippen LogP contribution in [0.5, 0.6) is 0 Å². The minimum Gasteiger partial charge on any atom is -0.466 e. The molecule has 1 aliphatic heterocycles. The number of hydrogen-bond donors (Lipinski definition) is 0. The first-order valence-electron chi connectivity index (χ1n) is 9.00. The van der Waals surface area contributed by atoms with Crippen molar-refractivity contribution in [2.45, 2.75) is 32.7 Å². The Morgan fingerprint density at radius 3 is 2.74 bits per heavy atom. The summed E-state index contributed by atoms with van der Waals surface area (Å²) in [6, 6.07) is 5.25. The van der Waals surface area contributed by atoms with Gasteiger partial charge in [0, 0.05) is 18.7 Å². The van der Waals surface area contributed by atoms with Gasteiger partial charge in [-0.05, 0) is 44.0 Å². The molecule has 1 amide bonds. The van der Waals surface area contributed by atoms with Gasteiger partial charge in [0.25, 0.3) is 0 Å². The molecule has 144 valence electrons. The lowest BCUT2D eigenvalue weighted by Crippen LogP contribution is -2.43. The summed E-state index contributed by atoms with van der Waals surface area (Å²) >= 11 is 0. The van der Waals surface area contributed by atoms with Gasteiger partial charge in [-0.1, -0.05) is 12.1 Å². The van der Waals surface area contributed by atoms with E-state index in [2.05, 4.69) is 15.4 Å². The maximum absolute atomic E-state index is 13.3. The van der Waals surface area contributed by atoms with E-state index in [9.17, 15) is 14.0 Å². The van der Waals surface area contributed by atoms with Gasteiger partial charge in [-0.15, -0.1) is 10.2 Å². The van der Waals surface area contributed by atoms with E-state index in [-0.39, 0.29) is 23.6 Å². The monoisotopic (exact) mass is 375 g/mol. The average Bonchev–Trinajstić information content (AvgIpc) is 3.17. The molecule has 0 saturated carbocycles. The quantitative estimate of drug-likeness (QED) is 0.741. The van der Waals surface area contributed by atoms with E-state index in [4.69, 9.17) is 4.74 Å². The fourth-order valence-electron chi connectivity index (χ4n) is 3.09. The number of aromatic nitrogens is 4. The van der Waals surface area contributed by atoms with Gasteiger partial charge < -0.3 is 9.64 Å².